The number of hydrogen-bond donors (Lipinski definition) is 1. The predicted molar refractivity (Wildman–Crippen MR) is 98.6 cm³/mol. The van der Waals surface area contributed by atoms with Crippen molar-refractivity contribution in [2.24, 2.45) is 0 Å². The fourth-order valence-corrected chi connectivity index (χ4v) is 3.00. The maximum Gasteiger partial charge on any atom is 0.230 e. The van der Waals surface area contributed by atoms with E-state index in [1.54, 1.807) is 12.1 Å². The number of rotatable bonds is 4. The van der Waals surface area contributed by atoms with Crippen molar-refractivity contribution >= 4 is 34.2 Å². The normalized spacial score (nSPS) is 10.9. The lowest BCUT2D eigenvalue weighted by Crippen LogP contribution is -2.15. The van der Waals surface area contributed by atoms with E-state index in [0.717, 1.165) is 22.1 Å². The molecule has 130 valence electrons. The molecule has 1 N–H and O–H groups in total. The van der Waals surface area contributed by atoms with E-state index in [9.17, 15) is 4.79 Å². The Labute approximate surface area is 150 Å². The molecule has 0 aliphatic rings. The van der Waals surface area contributed by atoms with Crippen LogP contribution < -0.4 is 10.1 Å². The summed E-state index contributed by atoms with van der Waals surface area (Å²) in [5, 5.41) is 8.38. The number of aromatic nitrogens is 1. The van der Waals surface area contributed by atoms with Gasteiger partial charge >= 0.3 is 0 Å². The monoisotopic (exact) mass is 358 g/mol. The van der Waals surface area contributed by atoms with Crippen molar-refractivity contribution in [1.82, 2.24) is 5.16 Å². The van der Waals surface area contributed by atoms with Crippen molar-refractivity contribution in [3.63, 3.8) is 0 Å². The third kappa shape index (κ3) is 3.46. The number of amides is 1. The van der Waals surface area contributed by atoms with Crippen LogP contribution in [0.1, 0.15) is 22.4 Å². The van der Waals surface area contributed by atoms with Crippen molar-refractivity contribution in [1.29, 1.82) is 0 Å². The first kappa shape index (κ1) is 17.3. The zero-order valence-electron chi connectivity index (χ0n) is 14.6. The molecule has 6 heteroatoms. The number of carbonyl (C=O) groups is 1. The highest BCUT2D eigenvalue weighted by molar-refractivity contribution is 6.31. The van der Waals surface area contributed by atoms with E-state index in [1.165, 1.54) is 7.11 Å². The second-order valence-corrected chi connectivity index (χ2v) is 6.52. The van der Waals surface area contributed by atoms with Gasteiger partial charge in [0, 0.05) is 16.5 Å². The van der Waals surface area contributed by atoms with Gasteiger partial charge in [-0.05, 0) is 49.6 Å². The number of anilines is 1. The zero-order chi connectivity index (χ0) is 18.1. The summed E-state index contributed by atoms with van der Waals surface area (Å²) in [6.07, 6.45) is 0.112. The molecule has 0 bridgehead atoms. The third-order valence-corrected chi connectivity index (χ3v) is 4.47. The van der Waals surface area contributed by atoms with Crippen LogP contribution in [0, 0.1) is 20.8 Å². The molecule has 2 aromatic carbocycles. The number of methoxy groups -OCH3 is 1. The average molecular weight is 359 g/mol. The minimum absolute atomic E-state index is 0.112. The molecule has 0 aliphatic carbocycles. The van der Waals surface area contributed by atoms with E-state index in [4.69, 9.17) is 20.9 Å². The second kappa shape index (κ2) is 6.76. The Morgan fingerprint density at radius 2 is 1.96 bits per heavy atom. The summed E-state index contributed by atoms with van der Waals surface area (Å²) in [5.74, 6) is 0.315. The highest BCUT2D eigenvalue weighted by Crippen LogP contribution is 2.31. The molecule has 1 aromatic heterocycles. The van der Waals surface area contributed by atoms with Crippen LogP contribution in [0.4, 0.5) is 5.69 Å². The van der Waals surface area contributed by atoms with E-state index < -0.39 is 0 Å². The lowest BCUT2D eigenvalue weighted by molar-refractivity contribution is -0.115. The van der Waals surface area contributed by atoms with Crippen LogP contribution in [0.3, 0.4) is 0 Å². The summed E-state index contributed by atoms with van der Waals surface area (Å²) in [6.45, 7) is 5.84. The second-order valence-electron chi connectivity index (χ2n) is 6.11. The molecule has 0 radical (unpaired) electrons. The topological polar surface area (TPSA) is 64.4 Å². The molecule has 0 saturated heterocycles. The van der Waals surface area contributed by atoms with Gasteiger partial charge in [-0.15, -0.1) is 0 Å². The average Bonchev–Trinajstić information content (AvgIpc) is 2.93. The molecule has 3 rings (SSSR count). The van der Waals surface area contributed by atoms with Crippen LogP contribution in [0.25, 0.3) is 11.0 Å². The number of nitrogens with one attached hydrogen (secondary N) is 1. The molecule has 0 saturated carbocycles. The first-order chi connectivity index (χ1) is 11.9. The summed E-state index contributed by atoms with van der Waals surface area (Å²) in [5.41, 5.74) is 4.87. The molecule has 0 aliphatic heterocycles. The fourth-order valence-electron chi connectivity index (χ4n) is 2.84. The van der Waals surface area contributed by atoms with Crippen LogP contribution in [-0.2, 0) is 11.2 Å². The molecule has 0 spiro atoms. The first-order valence-corrected chi connectivity index (χ1v) is 8.26. The first-order valence-electron chi connectivity index (χ1n) is 7.88. The number of fused-ring (bicyclic) bond motifs is 1. The SMILES string of the molecule is COc1cc(Cl)c(C)cc1NC(=O)Cc1noc2c(C)cc(C)cc12. The van der Waals surface area contributed by atoms with Gasteiger partial charge in [-0.3, -0.25) is 4.79 Å². The van der Waals surface area contributed by atoms with Crippen molar-refractivity contribution in [3.8, 4) is 5.75 Å². The van der Waals surface area contributed by atoms with Gasteiger partial charge in [0.1, 0.15) is 11.4 Å². The zero-order valence-corrected chi connectivity index (χ0v) is 15.3. The molecule has 0 atom stereocenters. The minimum atomic E-state index is -0.200. The van der Waals surface area contributed by atoms with Crippen molar-refractivity contribution in [2.75, 3.05) is 12.4 Å². The van der Waals surface area contributed by atoms with E-state index >= 15 is 0 Å². The molecule has 25 heavy (non-hydrogen) atoms. The molecule has 0 fully saturated rings. The van der Waals surface area contributed by atoms with Gasteiger partial charge in [-0.1, -0.05) is 22.8 Å². The van der Waals surface area contributed by atoms with E-state index in [1.807, 2.05) is 32.9 Å². The largest absolute Gasteiger partial charge is 0.495 e. The molecule has 5 nitrogen and oxygen atoms in total. The minimum Gasteiger partial charge on any atom is -0.495 e. The van der Waals surface area contributed by atoms with Crippen LogP contribution in [-0.4, -0.2) is 18.2 Å². The van der Waals surface area contributed by atoms with Gasteiger partial charge in [0.05, 0.1) is 19.2 Å². The van der Waals surface area contributed by atoms with Gasteiger partial charge in [0.2, 0.25) is 5.91 Å². The standard InChI is InChI=1S/C19H19ClN2O3/c1-10-5-12(3)19-13(6-10)15(22-25-19)9-18(23)21-16-7-11(2)14(20)8-17(16)24-4/h5-8H,9H2,1-4H3,(H,21,23). The predicted octanol–water partition coefficient (Wildman–Crippen LogP) is 4.60. The molecule has 3 aromatic rings. The fraction of sp³-hybridized carbons (Fsp3) is 0.263. The lowest BCUT2D eigenvalue weighted by Gasteiger charge is -2.12. The Hall–Kier alpha value is -2.53. The van der Waals surface area contributed by atoms with E-state index in [-0.39, 0.29) is 12.3 Å². The lowest BCUT2D eigenvalue weighted by atomic mass is 10.1. The van der Waals surface area contributed by atoms with Crippen LogP contribution in [0.2, 0.25) is 5.02 Å². The smallest absolute Gasteiger partial charge is 0.230 e. The highest BCUT2D eigenvalue weighted by Gasteiger charge is 2.16. The van der Waals surface area contributed by atoms with Gasteiger partial charge in [-0.2, -0.15) is 0 Å². The van der Waals surface area contributed by atoms with Crippen LogP contribution in [0.5, 0.6) is 5.75 Å². The highest BCUT2D eigenvalue weighted by atomic mass is 35.5. The van der Waals surface area contributed by atoms with Crippen molar-refractivity contribution in [2.45, 2.75) is 27.2 Å². The summed E-state index contributed by atoms with van der Waals surface area (Å²) < 4.78 is 10.7. The molecule has 1 heterocycles. The quantitative estimate of drug-likeness (QED) is 0.740. The van der Waals surface area contributed by atoms with Gasteiger partial charge in [0.25, 0.3) is 0 Å². The molecular formula is C19H19ClN2O3. The number of halogens is 1. The van der Waals surface area contributed by atoms with E-state index in [0.29, 0.717) is 27.7 Å². The molecular weight excluding hydrogens is 340 g/mol. The van der Waals surface area contributed by atoms with Crippen molar-refractivity contribution in [3.05, 3.63) is 51.7 Å². The van der Waals surface area contributed by atoms with Gasteiger partial charge < -0.3 is 14.6 Å². The number of carbonyl (C=O) groups excluding carboxylic acids is 1. The number of aryl methyl sites for hydroxylation is 3. The van der Waals surface area contributed by atoms with Crippen LogP contribution >= 0.6 is 11.6 Å². The molecule has 0 unspecified atom stereocenters. The van der Waals surface area contributed by atoms with Crippen molar-refractivity contribution < 1.29 is 14.1 Å². The third-order valence-electron chi connectivity index (χ3n) is 4.06. The van der Waals surface area contributed by atoms with Crippen LogP contribution in [0.15, 0.2) is 28.8 Å². The Morgan fingerprint density at radius 3 is 2.68 bits per heavy atom. The Bertz CT molecular complexity index is 963. The van der Waals surface area contributed by atoms with Gasteiger partial charge in [0.15, 0.2) is 5.58 Å². The molecule has 1 amide bonds. The summed E-state index contributed by atoms with van der Waals surface area (Å²) >= 11 is 6.10. The van der Waals surface area contributed by atoms with E-state index in [2.05, 4.69) is 10.5 Å². The maximum absolute atomic E-state index is 12.5. The number of benzene rings is 2. The summed E-state index contributed by atoms with van der Waals surface area (Å²) in [4.78, 5) is 12.5. The summed E-state index contributed by atoms with van der Waals surface area (Å²) in [6, 6.07) is 7.48. The Kier molecular flexibility index (Phi) is 4.68. The maximum atomic E-state index is 12.5. The number of ether oxygens (including phenoxy) is 1. The number of hydrogen-bond acceptors (Lipinski definition) is 4. The number of nitrogens with zero attached hydrogens (tertiary/aromatic N) is 1. The Balaban J connectivity index is 1.86. The Morgan fingerprint density at radius 1 is 1.20 bits per heavy atom. The summed E-state index contributed by atoms with van der Waals surface area (Å²) in [7, 11) is 1.54. The van der Waals surface area contributed by atoms with Gasteiger partial charge in [-0.25, -0.2) is 0 Å².